The van der Waals surface area contributed by atoms with E-state index < -0.39 is 0 Å². The summed E-state index contributed by atoms with van der Waals surface area (Å²) in [6.45, 7) is 3.49. The van der Waals surface area contributed by atoms with Crippen molar-refractivity contribution in [3.8, 4) is 0 Å². The molecular weight excluding hydrogens is 162 g/mol. The highest BCUT2D eigenvalue weighted by Gasteiger charge is 2.17. The van der Waals surface area contributed by atoms with E-state index >= 15 is 0 Å². The van der Waals surface area contributed by atoms with Crippen LogP contribution in [0.5, 0.6) is 0 Å². The third-order valence-electron chi connectivity index (χ3n) is 1.63. The molecule has 1 amide bonds. The van der Waals surface area contributed by atoms with E-state index in [2.05, 4.69) is 12.6 Å². The fourth-order valence-electron chi connectivity index (χ4n) is 0.634. The van der Waals surface area contributed by atoms with Crippen LogP contribution in [0.3, 0.4) is 0 Å². The van der Waals surface area contributed by atoms with Gasteiger partial charge in [-0.2, -0.15) is 12.6 Å². The lowest BCUT2D eigenvalue weighted by Crippen LogP contribution is -2.40. The van der Waals surface area contributed by atoms with Gasteiger partial charge in [0.2, 0.25) is 5.91 Å². The Morgan fingerprint density at radius 2 is 2.09 bits per heavy atom. The van der Waals surface area contributed by atoms with Crippen molar-refractivity contribution < 1.29 is 9.90 Å². The Balaban J connectivity index is 4.02. The number of amides is 1. The summed E-state index contributed by atoms with van der Waals surface area (Å²) in [5.74, 6) is -0.0603. The first kappa shape index (κ1) is 10.8. The molecule has 0 radical (unpaired) electrons. The van der Waals surface area contributed by atoms with Gasteiger partial charge in [-0.3, -0.25) is 4.79 Å². The molecule has 0 aromatic carbocycles. The van der Waals surface area contributed by atoms with Crippen molar-refractivity contribution in [2.75, 3.05) is 13.7 Å². The van der Waals surface area contributed by atoms with Crippen molar-refractivity contribution in [3.05, 3.63) is 0 Å². The van der Waals surface area contributed by atoms with E-state index in [1.807, 2.05) is 0 Å². The molecule has 0 aliphatic rings. The van der Waals surface area contributed by atoms with Crippen LogP contribution in [0.15, 0.2) is 0 Å². The second-order valence-corrected chi connectivity index (χ2v) is 3.43. The quantitative estimate of drug-likeness (QED) is 0.602. The van der Waals surface area contributed by atoms with Crippen molar-refractivity contribution in [1.29, 1.82) is 0 Å². The fraction of sp³-hybridized carbons (Fsp3) is 0.857. The summed E-state index contributed by atoms with van der Waals surface area (Å²) < 4.78 is 0. The first-order valence-corrected chi connectivity index (χ1v) is 4.08. The molecule has 0 aromatic heterocycles. The van der Waals surface area contributed by atoms with Crippen LogP contribution in [-0.4, -0.2) is 40.9 Å². The molecule has 66 valence electrons. The number of likely N-dealkylation sites (N-methyl/N-ethyl adjacent to an activating group) is 1. The topological polar surface area (TPSA) is 40.5 Å². The minimum Gasteiger partial charge on any atom is -0.394 e. The second-order valence-electron chi connectivity index (χ2n) is 2.66. The number of nitrogens with zero attached hydrogens (tertiary/aromatic N) is 1. The molecule has 2 atom stereocenters. The number of hydrogen-bond donors (Lipinski definition) is 2. The van der Waals surface area contributed by atoms with E-state index in [0.717, 1.165) is 0 Å². The van der Waals surface area contributed by atoms with Gasteiger partial charge >= 0.3 is 0 Å². The Kier molecular flexibility index (Phi) is 4.52. The largest absolute Gasteiger partial charge is 0.394 e. The van der Waals surface area contributed by atoms with Gasteiger partial charge in [-0.05, 0) is 13.8 Å². The van der Waals surface area contributed by atoms with Crippen LogP contribution in [-0.2, 0) is 4.79 Å². The molecule has 0 heterocycles. The summed E-state index contributed by atoms with van der Waals surface area (Å²) in [6.07, 6.45) is 0. The smallest absolute Gasteiger partial charge is 0.235 e. The van der Waals surface area contributed by atoms with Crippen molar-refractivity contribution in [3.63, 3.8) is 0 Å². The zero-order valence-corrected chi connectivity index (χ0v) is 8.01. The van der Waals surface area contributed by atoms with Gasteiger partial charge < -0.3 is 10.0 Å². The predicted molar refractivity (Wildman–Crippen MR) is 47.8 cm³/mol. The molecule has 11 heavy (non-hydrogen) atoms. The third-order valence-corrected chi connectivity index (χ3v) is 1.85. The molecule has 0 aromatic rings. The lowest BCUT2D eigenvalue weighted by Gasteiger charge is -2.24. The Morgan fingerprint density at radius 3 is 2.36 bits per heavy atom. The van der Waals surface area contributed by atoms with Gasteiger partial charge in [0.1, 0.15) is 0 Å². The van der Waals surface area contributed by atoms with Crippen molar-refractivity contribution in [2.45, 2.75) is 25.1 Å². The standard InChI is InChI=1S/C7H15NO2S/c1-5(4-9)8(3)7(10)6(2)11/h5-6,9,11H,4H2,1-3H3. The molecule has 0 spiro atoms. The van der Waals surface area contributed by atoms with Gasteiger partial charge in [0.15, 0.2) is 0 Å². The Morgan fingerprint density at radius 1 is 1.64 bits per heavy atom. The molecule has 0 bridgehead atoms. The van der Waals surface area contributed by atoms with E-state index in [1.165, 1.54) is 4.90 Å². The molecule has 0 aliphatic carbocycles. The molecule has 0 fully saturated rings. The van der Waals surface area contributed by atoms with E-state index in [9.17, 15) is 4.79 Å². The van der Waals surface area contributed by atoms with Gasteiger partial charge in [0, 0.05) is 7.05 Å². The number of thiol groups is 1. The first-order chi connectivity index (χ1) is 5.00. The highest BCUT2D eigenvalue weighted by molar-refractivity contribution is 7.81. The summed E-state index contributed by atoms with van der Waals surface area (Å²) in [4.78, 5) is 12.7. The summed E-state index contributed by atoms with van der Waals surface area (Å²) in [5, 5.41) is 8.42. The maximum Gasteiger partial charge on any atom is 0.235 e. The van der Waals surface area contributed by atoms with Crippen LogP contribution < -0.4 is 0 Å². The summed E-state index contributed by atoms with van der Waals surface area (Å²) in [5.41, 5.74) is 0. The van der Waals surface area contributed by atoms with Crippen LogP contribution in [0, 0.1) is 0 Å². The Labute approximate surface area is 72.8 Å². The third kappa shape index (κ3) is 3.12. The summed E-state index contributed by atoms with van der Waals surface area (Å²) in [6, 6.07) is -0.128. The summed E-state index contributed by atoms with van der Waals surface area (Å²) in [7, 11) is 1.66. The molecular formula is C7H15NO2S. The summed E-state index contributed by atoms with van der Waals surface area (Å²) >= 11 is 3.99. The second kappa shape index (κ2) is 4.62. The minimum atomic E-state index is -0.297. The molecule has 4 heteroatoms. The van der Waals surface area contributed by atoms with Crippen molar-refractivity contribution in [1.82, 2.24) is 4.90 Å². The Hall–Kier alpha value is -0.220. The van der Waals surface area contributed by atoms with E-state index in [4.69, 9.17) is 5.11 Å². The van der Waals surface area contributed by atoms with Crippen molar-refractivity contribution >= 4 is 18.5 Å². The molecule has 0 aliphatic heterocycles. The zero-order valence-electron chi connectivity index (χ0n) is 7.11. The average molecular weight is 177 g/mol. The van der Waals surface area contributed by atoms with Crippen LogP contribution in [0.25, 0.3) is 0 Å². The highest BCUT2D eigenvalue weighted by Crippen LogP contribution is 2.02. The van der Waals surface area contributed by atoms with E-state index in [-0.39, 0.29) is 23.8 Å². The number of aliphatic hydroxyl groups excluding tert-OH is 1. The zero-order chi connectivity index (χ0) is 9.02. The monoisotopic (exact) mass is 177 g/mol. The van der Waals surface area contributed by atoms with Crippen LogP contribution in [0.2, 0.25) is 0 Å². The first-order valence-electron chi connectivity index (χ1n) is 3.56. The van der Waals surface area contributed by atoms with Crippen LogP contribution in [0.1, 0.15) is 13.8 Å². The molecule has 3 nitrogen and oxygen atoms in total. The van der Waals surface area contributed by atoms with Gasteiger partial charge in [-0.15, -0.1) is 0 Å². The van der Waals surface area contributed by atoms with Crippen LogP contribution >= 0.6 is 12.6 Å². The van der Waals surface area contributed by atoms with Gasteiger partial charge in [0.05, 0.1) is 17.9 Å². The fourth-order valence-corrected chi connectivity index (χ4v) is 0.817. The van der Waals surface area contributed by atoms with Gasteiger partial charge in [-0.25, -0.2) is 0 Å². The molecule has 0 saturated heterocycles. The van der Waals surface area contributed by atoms with Crippen LogP contribution in [0.4, 0.5) is 0 Å². The number of carbonyl (C=O) groups is 1. The predicted octanol–water partition coefficient (Wildman–Crippen LogP) is 0.144. The highest BCUT2D eigenvalue weighted by atomic mass is 32.1. The maximum absolute atomic E-state index is 11.2. The van der Waals surface area contributed by atoms with Crippen molar-refractivity contribution in [2.24, 2.45) is 0 Å². The molecule has 2 unspecified atom stereocenters. The number of rotatable bonds is 3. The normalized spacial score (nSPS) is 15.7. The van der Waals surface area contributed by atoms with Gasteiger partial charge in [0.25, 0.3) is 0 Å². The number of hydrogen-bond acceptors (Lipinski definition) is 3. The SMILES string of the molecule is CC(S)C(=O)N(C)C(C)CO. The average Bonchev–Trinajstić information content (AvgIpc) is 2.00. The minimum absolute atomic E-state index is 0.0112. The maximum atomic E-state index is 11.2. The molecule has 0 saturated carbocycles. The molecule has 1 N–H and O–H groups in total. The molecule has 0 rings (SSSR count). The van der Waals surface area contributed by atoms with Gasteiger partial charge in [-0.1, -0.05) is 0 Å². The number of carbonyl (C=O) groups excluding carboxylic acids is 1. The Bertz CT molecular complexity index is 138. The van der Waals surface area contributed by atoms with E-state index in [1.54, 1.807) is 20.9 Å². The lowest BCUT2D eigenvalue weighted by atomic mass is 10.3. The number of aliphatic hydroxyl groups is 1. The lowest BCUT2D eigenvalue weighted by molar-refractivity contribution is -0.131. The van der Waals surface area contributed by atoms with E-state index in [0.29, 0.717) is 0 Å².